The van der Waals surface area contributed by atoms with Crippen LogP contribution in [0.3, 0.4) is 0 Å². The van der Waals surface area contributed by atoms with Gasteiger partial charge in [0.25, 0.3) is 10.0 Å². The molecule has 1 N–H and O–H groups in total. The highest BCUT2D eigenvalue weighted by molar-refractivity contribution is 7.93. The third kappa shape index (κ3) is 2.65. The zero-order valence-corrected chi connectivity index (χ0v) is 13.6. The molecule has 0 atom stereocenters. The van der Waals surface area contributed by atoms with E-state index in [2.05, 4.69) is 0 Å². The molecule has 2 aromatic rings. The van der Waals surface area contributed by atoms with Gasteiger partial charge in [-0.1, -0.05) is 18.2 Å². The molecule has 0 fully saturated rings. The minimum atomic E-state index is -4.02. The molecule has 0 aromatic heterocycles. The Hall–Kier alpha value is -2.74. The molecule has 0 saturated heterocycles. The smallest absolute Gasteiger partial charge is 0.337 e. The van der Waals surface area contributed by atoms with Crippen molar-refractivity contribution in [3.8, 4) is 11.5 Å². The average molecular weight is 349 g/mol. The summed E-state index contributed by atoms with van der Waals surface area (Å²) in [5, 5.41) is 9.28. The van der Waals surface area contributed by atoms with E-state index in [1.165, 1.54) is 31.3 Å². The lowest BCUT2D eigenvalue weighted by Gasteiger charge is -2.25. The van der Waals surface area contributed by atoms with Crippen LogP contribution in [0.4, 0.5) is 5.69 Å². The van der Waals surface area contributed by atoms with Gasteiger partial charge in [-0.05, 0) is 24.3 Å². The first-order chi connectivity index (χ1) is 11.4. The molecule has 3 rings (SSSR count). The molecule has 126 valence electrons. The number of ether oxygens (including phenoxy) is 2. The number of rotatable bonds is 4. The van der Waals surface area contributed by atoms with Gasteiger partial charge >= 0.3 is 5.97 Å². The van der Waals surface area contributed by atoms with Crippen LogP contribution in [0.1, 0.15) is 10.4 Å². The zero-order valence-electron chi connectivity index (χ0n) is 12.8. The topological polar surface area (TPSA) is 93.1 Å². The largest absolute Gasteiger partial charge is 0.486 e. The number of nitrogens with zero attached hydrogens (tertiary/aromatic N) is 1. The predicted molar refractivity (Wildman–Crippen MR) is 86.4 cm³/mol. The quantitative estimate of drug-likeness (QED) is 0.907. The third-order valence-corrected chi connectivity index (χ3v) is 5.44. The molecule has 8 heteroatoms. The van der Waals surface area contributed by atoms with E-state index in [0.717, 1.165) is 4.31 Å². The van der Waals surface area contributed by atoms with Crippen LogP contribution >= 0.6 is 0 Å². The van der Waals surface area contributed by atoms with Gasteiger partial charge < -0.3 is 14.6 Å². The van der Waals surface area contributed by atoms with Crippen LogP contribution in [0.15, 0.2) is 47.4 Å². The molecule has 0 unspecified atom stereocenters. The number of sulfonamides is 1. The summed E-state index contributed by atoms with van der Waals surface area (Å²) in [6.07, 6.45) is 0. The van der Waals surface area contributed by atoms with E-state index in [1.54, 1.807) is 18.2 Å². The fourth-order valence-corrected chi connectivity index (χ4v) is 3.81. The van der Waals surface area contributed by atoms with Crippen molar-refractivity contribution in [3.05, 3.63) is 48.0 Å². The average Bonchev–Trinajstić information content (AvgIpc) is 2.60. The molecule has 2 aromatic carbocycles. The van der Waals surface area contributed by atoms with Crippen LogP contribution in [0.5, 0.6) is 11.5 Å². The molecule has 7 nitrogen and oxygen atoms in total. The molecule has 1 aliphatic rings. The highest BCUT2D eigenvalue weighted by atomic mass is 32.2. The number of hydrogen-bond donors (Lipinski definition) is 1. The number of carboxylic acids is 1. The maximum atomic E-state index is 13.0. The van der Waals surface area contributed by atoms with E-state index < -0.39 is 16.0 Å². The van der Waals surface area contributed by atoms with Gasteiger partial charge in [0.05, 0.1) is 11.3 Å². The molecular weight excluding hydrogens is 334 g/mol. The molecule has 0 bridgehead atoms. The van der Waals surface area contributed by atoms with Gasteiger partial charge in [-0.25, -0.2) is 13.2 Å². The second-order valence-corrected chi connectivity index (χ2v) is 7.01. The highest BCUT2D eigenvalue weighted by Crippen LogP contribution is 2.38. The van der Waals surface area contributed by atoms with Crippen molar-refractivity contribution in [2.75, 3.05) is 24.6 Å². The molecule has 0 aliphatic carbocycles. The number of para-hydroxylation sites is 2. The van der Waals surface area contributed by atoms with E-state index in [9.17, 15) is 18.3 Å². The summed E-state index contributed by atoms with van der Waals surface area (Å²) in [7, 11) is -2.72. The number of benzene rings is 2. The van der Waals surface area contributed by atoms with Crippen LogP contribution in [0, 0.1) is 0 Å². The predicted octanol–water partition coefficient (Wildman–Crippen LogP) is 1.98. The van der Waals surface area contributed by atoms with E-state index in [-0.39, 0.29) is 28.5 Å². The number of hydrogen-bond acceptors (Lipinski definition) is 5. The lowest BCUT2D eigenvalue weighted by Crippen LogP contribution is -2.29. The Labute approximate surface area is 139 Å². The van der Waals surface area contributed by atoms with E-state index in [1.807, 2.05) is 0 Å². The van der Waals surface area contributed by atoms with Crippen molar-refractivity contribution in [2.24, 2.45) is 0 Å². The standard InChI is InChI=1S/C16H15NO6S/c1-17(12-6-3-2-5-11(12)16(18)19)24(20,21)14-8-4-7-13-15(14)23-10-9-22-13/h2-8H,9-10H2,1H3,(H,18,19). The Balaban J connectivity index is 2.11. The van der Waals surface area contributed by atoms with Gasteiger partial charge in [0.2, 0.25) is 0 Å². The molecular formula is C16H15NO6S. The molecule has 24 heavy (non-hydrogen) atoms. The van der Waals surface area contributed by atoms with Crippen molar-refractivity contribution < 1.29 is 27.8 Å². The molecule has 1 aliphatic heterocycles. The first-order valence-electron chi connectivity index (χ1n) is 7.13. The second kappa shape index (κ2) is 6.04. The van der Waals surface area contributed by atoms with Gasteiger partial charge in [0.1, 0.15) is 18.1 Å². The third-order valence-electron chi connectivity index (χ3n) is 3.64. The summed E-state index contributed by atoms with van der Waals surface area (Å²) in [5.74, 6) is -0.715. The van der Waals surface area contributed by atoms with Gasteiger partial charge in [-0.3, -0.25) is 4.31 Å². The van der Waals surface area contributed by atoms with Crippen molar-refractivity contribution in [1.29, 1.82) is 0 Å². The molecule has 0 spiro atoms. The SMILES string of the molecule is CN(c1ccccc1C(=O)O)S(=O)(=O)c1cccc2c1OCCO2. The number of fused-ring (bicyclic) bond motifs is 1. The maximum Gasteiger partial charge on any atom is 0.337 e. The fraction of sp³-hybridized carbons (Fsp3) is 0.188. The van der Waals surface area contributed by atoms with Crippen molar-refractivity contribution in [1.82, 2.24) is 0 Å². The Morgan fingerprint density at radius 2 is 1.79 bits per heavy atom. The Kier molecular flexibility index (Phi) is 4.06. The number of carboxylic acid groups (broad SMARTS) is 1. The van der Waals surface area contributed by atoms with Gasteiger partial charge in [-0.2, -0.15) is 0 Å². The summed E-state index contributed by atoms with van der Waals surface area (Å²) in [5.41, 5.74) is -0.0372. The van der Waals surface area contributed by atoms with Crippen molar-refractivity contribution in [2.45, 2.75) is 4.90 Å². The van der Waals surface area contributed by atoms with Gasteiger partial charge in [-0.15, -0.1) is 0 Å². The fourth-order valence-electron chi connectivity index (χ4n) is 2.46. The normalized spacial score (nSPS) is 13.4. The van der Waals surface area contributed by atoms with Crippen LogP contribution < -0.4 is 13.8 Å². The molecule has 1 heterocycles. The number of carbonyl (C=O) groups is 1. The highest BCUT2D eigenvalue weighted by Gasteiger charge is 2.30. The zero-order chi connectivity index (χ0) is 17.3. The summed E-state index contributed by atoms with van der Waals surface area (Å²) in [4.78, 5) is 11.3. The molecule has 0 amide bonds. The first kappa shape index (κ1) is 16.1. The first-order valence-corrected chi connectivity index (χ1v) is 8.57. The number of aromatic carboxylic acids is 1. The molecule has 0 saturated carbocycles. The van der Waals surface area contributed by atoms with Crippen molar-refractivity contribution in [3.63, 3.8) is 0 Å². The van der Waals surface area contributed by atoms with Crippen molar-refractivity contribution >= 4 is 21.7 Å². The van der Waals surface area contributed by atoms with Gasteiger partial charge in [0, 0.05) is 7.05 Å². The van der Waals surface area contributed by atoms with Crippen LogP contribution in [0.25, 0.3) is 0 Å². The maximum absolute atomic E-state index is 13.0. The Bertz CT molecular complexity index is 893. The Morgan fingerprint density at radius 3 is 2.54 bits per heavy atom. The Morgan fingerprint density at radius 1 is 1.08 bits per heavy atom. The summed E-state index contributed by atoms with van der Waals surface area (Å²) >= 11 is 0. The second-order valence-electron chi connectivity index (χ2n) is 5.08. The lowest BCUT2D eigenvalue weighted by molar-refractivity contribution is 0.0698. The molecule has 0 radical (unpaired) electrons. The minimum absolute atomic E-state index is 0.0672. The van der Waals surface area contributed by atoms with E-state index >= 15 is 0 Å². The minimum Gasteiger partial charge on any atom is -0.486 e. The summed E-state index contributed by atoms with van der Waals surface area (Å²) in [6.45, 7) is 0.586. The van der Waals surface area contributed by atoms with E-state index in [0.29, 0.717) is 12.4 Å². The lowest BCUT2D eigenvalue weighted by atomic mass is 10.2. The van der Waals surface area contributed by atoms with Crippen LogP contribution in [-0.4, -0.2) is 39.8 Å². The summed E-state index contributed by atoms with van der Waals surface area (Å²) < 4.78 is 37.8. The monoisotopic (exact) mass is 349 g/mol. The van der Waals surface area contributed by atoms with Crippen LogP contribution in [0.2, 0.25) is 0 Å². The summed E-state index contributed by atoms with van der Waals surface area (Å²) in [6, 6.07) is 10.5. The van der Waals surface area contributed by atoms with Crippen LogP contribution in [-0.2, 0) is 10.0 Å². The van der Waals surface area contributed by atoms with E-state index in [4.69, 9.17) is 9.47 Å². The number of anilines is 1. The van der Waals surface area contributed by atoms with Gasteiger partial charge in [0.15, 0.2) is 11.5 Å².